The van der Waals surface area contributed by atoms with E-state index in [-0.39, 0.29) is 5.91 Å². The van der Waals surface area contributed by atoms with Gasteiger partial charge in [-0.2, -0.15) is 0 Å². The molecule has 0 spiro atoms. The molecule has 114 valence electrons. The van der Waals surface area contributed by atoms with Crippen LogP contribution in [0, 0.1) is 5.92 Å². The first-order chi connectivity index (χ1) is 10.1. The van der Waals surface area contributed by atoms with Crippen LogP contribution in [0.4, 0.5) is 0 Å². The maximum absolute atomic E-state index is 11.9. The molecule has 0 bridgehead atoms. The van der Waals surface area contributed by atoms with Crippen molar-refractivity contribution in [3.8, 4) is 0 Å². The second-order valence-corrected chi connectivity index (χ2v) is 6.13. The number of nitrogens with two attached hydrogens (primary N) is 1. The van der Waals surface area contributed by atoms with Crippen LogP contribution >= 0.6 is 15.9 Å². The molecule has 0 aromatic heterocycles. The summed E-state index contributed by atoms with van der Waals surface area (Å²) in [5, 5.41) is 5.84. The van der Waals surface area contributed by atoms with Crippen LogP contribution in [0.15, 0.2) is 33.7 Å². The fourth-order valence-electron chi connectivity index (χ4n) is 2.06. The fraction of sp³-hybridized carbons (Fsp3) is 0.467. The molecule has 0 aliphatic heterocycles. The summed E-state index contributed by atoms with van der Waals surface area (Å²) >= 11 is 3.35. The summed E-state index contributed by atoms with van der Waals surface area (Å²) in [7, 11) is 0. The molecule has 2 rings (SSSR count). The summed E-state index contributed by atoms with van der Waals surface area (Å²) in [5.74, 6) is 1.07. The van der Waals surface area contributed by atoms with E-state index in [0.29, 0.717) is 30.5 Å². The van der Waals surface area contributed by atoms with E-state index in [1.165, 1.54) is 19.3 Å². The van der Waals surface area contributed by atoms with Crippen molar-refractivity contribution in [2.45, 2.75) is 19.3 Å². The normalized spacial score (nSPS) is 15.4. The molecular formula is C15H21BrN4O. The average Bonchev–Trinajstić information content (AvgIpc) is 2.41. The second kappa shape index (κ2) is 8.02. The number of amides is 1. The number of carbonyl (C=O) groups is 1. The van der Waals surface area contributed by atoms with Gasteiger partial charge < -0.3 is 16.4 Å². The number of nitrogens with zero attached hydrogens (tertiary/aromatic N) is 1. The minimum Gasteiger partial charge on any atom is -0.370 e. The van der Waals surface area contributed by atoms with Gasteiger partial charge in [-0.3, -0.25) is 9.79 Å². The second-order valence-electron chi connectivity index (χ2n) is 5.22. The largest absolute Gasteiger partial charge is 0.370 e. The number of guanidine groups is 1. The highest BCUT2D eigenvalue weighted by molar-refractivity contribution is 9.10. The van der Waals surface area contributed by atoms with E-state index in [9.17, 15) is 4.79 Å². The number of benzene rings is 1. The van der Waals surface area contributed by atoms with Gasteiger partial charge in [-0.15, -0.1) is 0 Å². The third kappa shape index (κ3) is 5.38. The summed E-state index contributed by atoms with van der Waals surface area (Å²) in [6, 6.07) is 7.29. The van der Waals surface area contributed by atoms with Gasteiger partial charge in [-0.05, 0) is 37.0 Å². The molecule has 0 saturated heterocycles. The Hall–Kier alpha value is -1.56. The first-order valence-electron chi connectivity index (χ1n) is 7.22. The maximum Gasteiger partial charge on any atom is 0.251 e. The number of rotatable bonds is 6. The van der Waals surface area contributed by atoms with Crippen molar-refractivity contribution in [2.24, 2.45) is 16.6 Å². The van der Waals surface area contributed by atoms with Gasteiger partial charge in [0, 0.05) is 29.7 Å². The lowest BCUT2D eigenvalue weighted by Gasteiger charge is -2.23. The summed E-state index contributed by atoms with van der Waals surface area (Å²) in [4.78, 5) is 16.2. The Morgan fingerprint density at radius 1 is 1.33 bits per heavy atom. The molecule has 6 heteroatoms. The first kappa shape index (κ1) is 15.8. The van der Waals surface area contributed by atoms with Crippen molar-refractivity contribution >= 4 is 27.8 Å². The molecule has 1 aliphatic carbocycles. The number of hydrogen-bond donors (Lipinski definition) is 3. The average molecular weight is 353 g/mol. The van der Waals surface area contributed by atoms with Gasteiger partial charge in [0.05, 0.1) is 0 Å². The molecule has 5 nitrogen and oxygen atoms in total. The van der Waals surface area contributed by atoms with Crippen molar-refractivity contribution in [1.82, 2.24) is 10.6 Å². The molecule has 0 heterocycles. The number of hydrogen-bond acceptors (Lipinski definition) is 2. The summed E-state index contributed by atoms with van der Waals surface area (Å²) in [5.41, 5.74) is 6.40. The molecule has 1 aliphatic rings. The van der Waals surface area contributed by atoms with E-state index >= 15 is 0 Å². The van der Waals surface area contributed by atoms with Crippen molar-refractivity contribution < 1.29 is 4.79 Å². The molecule has 0 radical (unpaired) electrons. The van der Waals surface area contributed by atoms with Gasteiger partial charge in [0.1, 0.15) is 0 Å². The van der Waals surface area contributed by atoms with Gasteiger partial charge in [0.25, 0.3) is 5.91 Å². The third-order valence-corrected chi connectivity index (χ3v) is 4.04. The number of carbonyl (C=O) groups excluding carboxylic acids is 1. The van der Waals surface area contributed by atoms with Gasteiger partial charge in [0.2, 0.25) is 0 Å². The Morgan fingerprint density at radius 2 is 2.10 bits per heavy atom. The van der Waals surface area contributed by atoms with E-state index in [1.54, 1.807) is 12.1 Å². The summed E-state index contributed by atoms with van der Waals surface area (Å²) in [6.45, 7) is 1.88. The topological polar surface area (TPSA) is 79.5 Å². The predicted octanol–water partition coefficient (Wildman–Crippen LogP) is 1.88. The SMILES string of the molecule is NC(=NCC1CCC1)NCCNC(=O)c1cccc(Br)c1. The summed E-state index contributed by atoms with van der Waals surface area (Å²) < 4.78 is 0.889. The lowest BCUT2D eigenvalue weighted by atomic mass is 9.86. The van der Waals surface area contributed by atoms with Crippen molar-refractivity contribution in [1.29, 1.82) is 0 Å². The standard InChI is InChI=1S/C15H21BrN4O/c16-13-6-2-5-12(9-13)14(21)18-7-8-19-15(17)20-10-11-3-1-4-11/h2,5-6,9,11H,1,3-4,7-8,10H2,(H,18,21)(H3,17,19,20). The van der Waals surface area contributed by atoms with E-state index < -0.39 is 0 Å². The zero-order valence-electron chi connectivity index (χ0n) is 11.9. The minimum absolute atomic E-state index is 0.0944. The molecule has 1 aromatic carbocycles. The van der Waals surface area contributed by atoms with Crippen LogP contribution in [0.1, 0.15) is 29.6 Å². The quantitative estimate of drug-likeness (QED) is 0.415. The van der Waals surface area contributed by atoms with E-state index in [1.807, 2.05) is 12.1 Å². The van der Waals surface area contributed by atoms with Crippen LogP contribution in [0.5, 0.6) is 0 Å². The molecule has 0 atom stereocenters. The van der Waals surface area contributed by atoms with Crippen LogP contribution in [0.2, 0.25) is 0 Å². The molecule has 1 amide bonds. The van der Waals surface area contributed by atoms with Gasteiger partial charge in [-0.25, -0.2) is 0 Å². The molecule has 1 aromatic rings. The lowest BCUT2D eigenvalue weighted by molar-refractivity contribution is 0.0954. The number of halogens is 1. The fourth-order valence-corrected chi connectivity index (χ4v) is 2.46. The molecule has 1 fully saturated rings. The van der Waals surface area contributed by atoms with Crippen molar-refractivity contribution in [3.63, 3.8) is 0 Å². The predicted molar refractivity (Wildman–Crippen MR) is 88.3 cm³/mol. The van der Waals surface area contributed by atoms with Gasteiger partial charge >= 0.3 is 0 Å². The highest BCUT2D eigenvalue weighted by Crippen LogP contribution is 2.26. The first-order valence-corrected chi connectivity index (χ1v) is 8.02. The minimum atomic E-state index is -0.0944. The zero-order chi connectivity index (χ0) is 15.1. The Labute approximate surface area is 133 Å². The molecule has 21 heavy (non-hydrogen) atoms. The maximum atomic E-state index is 11.9. The molecule has 0 unspecified atom stereocenters. The Bertz CT molecular complexity index is 514. The van der Waals surface area contributed by atoms with Crippen LogP contribution in [0.25, 0.3) is 0 Å². The molecule has 4 N–H and O–H groups in total. The van der Waals surface area contributed by atoms with E-state index in [4.69, 9.17) is 5.73 Å². The van der Waals surface area contributed by atoms with Gasteiger partial charge in [0.15, 0.2) is 5.96 Å². The van der Waals surface area contributed by atoms with Crippen molar-refractivity contribution in [2.75, 3.05) is 19.6 Å². The van der Waals surface area contributed by atoms with E-state index in [0.717, 1.165) is 11.0 Å². The molecule has 1 saturated carbocycles. The van der Waals surface area contributed by atoms with Crippen molar-refractivity contribution in [3.05, 3.63) is 34.3 Å². The van der Waals surface area contributed by atoms with Crippen LogP contribution in [-0.2, 0) is 0 Å². The third-order valence-electron chi connectivity index (χ3n) is 3.55. The smallest absolute Gasteiger partial charge is 0.251 e. The summed E-state index contributed by atoms with van der Waals surface area (Å²) in [6.07, 6.45) is 3.84. The zero-order valence-corrected chi connectivity index (χ0v) is 13.5. The van der Waals surface area contributed by atoms with Crippen LogP contribution in [0.3, 0.4) is 0 Å². The molecular weight excluding hydrogens is 332 g/mol. The Kier molecular flexibility index (Phi) is 6.04. The van der Waals surface area contributed by atoms with Crippen LogP contribution < -0.4 is 16.4 Å². The highest BCUT2D eigenvalue weighted by atomic mass is 79.9. The highest BCUT2D eigenvalue weighted by Gasteiger charge is 2.16. The van der Waals surface area contributed by atoms with Crippen LogP contribution in [-0.4, -0.2) is 31.5 Å². The monoisotopic (exact) mass is 352 g/mol. The lowest BCUT2D eigenvalue weighted by Crippen LogP contribution is -2.38. The Balaban J connectivity index is 1.63. The number of aliphatic imine (C=N–C) groups is 1. The number of nitrogens with one attached hydrogen (secondary N) is 2. The van der Waals surface area contributed by atoms with E-state index in [2.05, 4.69) is 31.6 Å². The van der Waals surface area contributed by atoms with Gasteiger partial charge in [-0.1, -0.05) is 28.4 Å². The Morgan fingerprint density at radius 3 is 2.76 bits per heavy atom.